The Morgan fingerprint density at radius 2 is 1.29 bits per heavy atom. The van der Waals surface area contributed by atoms with E-state index in [2.05, 4.69) is 4.41 Å². The lowest BCUT2D eigenvalue weighted by Crippen LogP contribution is -2.23. The highest BCUT2D eigenvalue weighted by atomic mass is 31.2. The van der Waals surface area contributed by atoms with Crippen LogP contribution in [0.25, 0.3) is 0 Å². The zero-order valence-electron chi connectivity index (χ0n) is 12.3. The largest absolute Gasteiger partial charge is 0.412 e. The number of alkyl halides is 6. The lowest BCUT2D eigenvalue weighted by Gasteiger charge is -2.28. The van der Waals surface area contributed by atoms with Crippen molar-refractivity contribution < 1.29 is 35.4 Å². The third kappa shape index (κ3) is 11.2. The summed E-state index contributed by atoms with van der Waals surface area (Å²) >= 11 is 0. The molecule has 0 spiro atoms. The minimum absolute atomic E-state index is 0.0660. The van der Waals surface area contributed by atoms with E-state index in [1.165, 1.54) is 0 Å². The molecule has 0 aromatic rings. The first-order valence-corrected chi connectivity index (χ1v) is 11.4. The van der Waals surface area contributed by atoms with Gasteiger partial charge in [-0.15, -0.1) is 0 Å². The molecule has 3 nitrogen and oxygen atoms in total. The van der Waals surface area contributed by atoms with Gasteiger partial charge in [-0.3, -0.25) is 4.41 Å². The Balaban J connectivity index is 5.39. The van der Waals surface area contributed by atoms with Gasteiger partial charge in [0.05, 0.1) is 0 Å². The monoisotopic (exact) mass is 359 g/mol. The number of rotatable bonds is 7. The molecule has 128 valence electrons. The molecule has 0 aliphatic rings. The minimum Gasteiger partial charge on any atom is -0.315 e. The minimum atomic E-state index is -4.64. The Hall–Kier alpha value is -0.0531. The predicted molar refractivity (Wildman–Crippen MR) is 71.9 cm³/mol. The summed E-state index contributed by atoms with van der Waals surface area (Å²) in [5, 5.41) is 0. The van der Waals surface area contributed by atoms with Gasteiger partial charge in [-0.1, -0.05) is 6.92 Å². The van der Waals surface area contributed by atoms with Gasteiger partial charge in [0.25, 0.3) is 0 Å². The molecule has 0 aromatic carbocycles. The van der Waals surface area contributed by atoms with Crippen molar-refractivity contribution in [3.8, 4) is 0 Å². The third-order valence-corrected chi connectivity index (χ3v) is 7.51. The second kappa shape index (κ2) is 7.48. The average Bonchev–Trinajstić information content (AvgIpc) is 2.20. The van der Waals surface area contributed by atoms with E-state index in [-0.39, 0.29) is 6.16 Å². The summed E-state index contributed by atoms with van der Waals surface area (Å²) in [6, 6.07) is 0. The fourth-order valence-electron chi connectivity index (χ4n) is 1.36. The van der Waals surface area contributed by atoms with Crippen LogP contribution in [-0.2, 0) is 9.05 Å². The molecule has 0 atom stereocenters. The first-order chi connectivity index (χ1) is 9.18. The fourth-order valence-corrected chi connectivity index (χ4v) is 7.47. The molecular weight excluding hydrogens is 339 g/mol. The summed E-state index contributed by atoms with van der Waals surface area (Å²) in [7, 11) is -5.90. The van der Waals surface area contributed by atoms with Gasteiger partial charge in [-0.05, 0) is 26.1 Å². The summed E-state index contributed by atoms with van der Waals surface area (Å²) in [4.78, 5) is 0. The van der Waals surface area contributed by atoms with Crippen LogP contribution in [0.4, 0.5) is 26.3 Å². The Labute approximate surface area is 121 Å². The Morgan fingerprint density at radius 3 is 1.52 bits per heavy atom. The summed E-state index contributed by atoms with van der Waals surface area (Å²) in [5.41, 5.74) is 0. The van der Waals surface area contributed by atoms with Gasteiger partial charge >= 0.3 is 12.4 Å². The maximum absolute atomic E-state index is 12.3. The van der Waals surface area contributed by atoms with Crippen LogP contribution in [0.1, 0.15) is 13.3 Å². The van der Waals surface area contributed by atoms with E-state index < -0.39 is 41.3 Å². The van der Waals surface area contributed by atoms with Gasteiger partial charge in [0.15, 0.2) is 21.4 Å². The first kappa shape index (κ1) is 20.9. The molecular formula is C10H20F6NO2PSi. The lowest BCUT2D eigenvalue weighted by molar-refractivity contribution is -0.163. The van der Waals surface area contributed by atoms with Crippen molar-refractivity contribution >= 4 is 15.7 Å². The Bertz CT molecular complexity index is 355. The van der Waals surface area contributed by atoms with Crippen molar-refractivity contribution in [3.63, 3.8) is 0 Å². The van der Waals surface area contributed by atoms with E-state index in [1.807, 2.05) is 0 Å². The highest BCUT2D eigenvalue weighted by molar-refractivity contribution is 7.57. The molecule has 0 rings (SSSR count). The van der Waals surface area contributed by atoms with Crippen molar-refractivity contribution in [2.45, 2.75) is 45.3 Å². The van der Waals surface area contributed by atoms with E-state index in [1.54, 1.807) is 26.6 Å². The third-order valence-electron chi connectivity index (χ3n) is 1.82. The summed E-state index contributed by atoms with van der Waals surface area (Å²) in [5.74, 6) is 0. The van der Waals surface area contributed by atoms with Gasteiger partial charge in [0.2, 0.25) is 7.51 Å². The number of hydrogen-bond donors (Lipinski definition) is 0. The fraction of sp³-hybridized carbons (Fsp3) is 1.00. The SMILES string of the molecule is CCCP(=N[Si](C)(C)C)(OCC(F)(F)F)OCC(F)(F)F. The second-order valence-electron chi connectivity index (χ2n) is 5.41. The Morgan fingerprint density at radius 1 is 0.905 bits per heavy atom. The highest BCUT2D eigenvalue weighted by Gasteiger charge is 2.37. The molecule has 0 amide bonds. The molecule has 0 aliphatic carbocycles. The molecule has 11 heteroatoms. The summed E-state index contributed by atoms with van der Waals surface area (Å²) < 4.78 is 87.5. The van der Waals surface area contributed by atoms with Crippen LogP contribution in [0, 0.1) is 0 Å². The van der Waals surface area contributed by atoms with Crippen LogP contribution in [0.2, 0.25) is 19.6 Å². The van der Waals surface area contributed by atoms with Crippen LogP contribution in [0.15, 0.2) is 4.41 Å². The van der Waals surface area contributed by atoms with Crippen molar-refractivity contribution in [3.05, 3.63) is 0 Å². The van der Waals surface area contributed by atoms with Gasteiger partial charge in [0, 0.05) is 6.16 Å². The van der Waals surface area contributed by atoms with Gasteiger partial charge < -0.3 is 9.05 Å². The Kier molecular flexibility index (Phi) is 7.46. The van der Waals surface area contributed by atoms with E-state index in [0.29, 0.717) is 6.42 Å². The number of halogens is 6. The molecule has 21 heavy (non-hydrogen) atoms. The second-order valence-corrected chi connectivity index (χ2v) is 12.8. The van der Waals surface area contributed by atoms with Crippen LogP contribution in [0.3, 0.4) is 0 Å². The van der Waals surface area contributed by atoms with Crippen LogP contribution < -0.4 is 0 Å². The maximum Gasteiger partial charge on any atom is 0.412 e. The van der Waals surface area contributed by atoms with E-state index >= 15 is 0 Å². The molecule has 0 saturated heterocycles. The van der Waals surface area contributed by atoms with E-state index in [4.69, 9.17) is 9.05 Å². The smallest absolute Gasteiger partial charge is 0.315 e. The molecule has 0 N–H and O–H groups in total. The van der Waals surface area contributed by atoms with Gasteiger partial charge in [0.1, 0.15) is 0 Å². The average molecular weight is 359 g/mol. The van der Waals surface area contributed by atoms with Crippen molar-refractivity contribution in [1.29, 1.82) is 0 Å². The molecule has 0 aromatic heterocycles. The number of hydrogen-bond acceptors (Lipinski definition) is 3. The maximum atomic E-state index is 12.3. The molecule has 0 unspecified atom stereocenters. The molecule has 0 fully saturated rings. The highest BCUT2D eigenvalue weighted by Crippen LogP contribution is 2.55. The topological polar surface area (TPSA) is 30.8 Å². The first-order valence-electron chi connectivity index (χ1n) is 6.23. The van der Waals surface area contributed by atoms with E-state index in [0.717, 1.165) is 0 Å². The van der Waals surface area contributed by atoms with E-state index in [9.17, 15) is 26.3 Å². The molecule has 0 heterocycles. The van der Waals surface area contributed by atoms with Crippen molar-refractivity contribution in [2.75, 3.05) is 19.4 Å². The molecule has 0 aliphatic heterocycles. The van der Waals surface area contributed by atoms with Crippen molar-refractivity contribution in [2.24, 2.45) is 4.41 Å². The van der Waals surface area contributed by atoms with Crippen LogP contribution in [0.5, 0.6) is 0 Å². The van der Waals surface area contributed by atoms with Crippen LogP contribution >= 0.6 is 7.51 Å². The zero-order valence-corrected chi connectivity index (χ0v) is 14.2. The van der Waals surface area contributed by atoms with Crippen molar-refractivity contribution in [1.82, 2.24) is 0 Å². The molecule has 0 radical (unpaired) electrons. The normalized spacial score (nSPS) is 14.4. The standard InChI is InChI=1S/C10H20F6NO2PSi/c1-5-6-20(17-21(2,3)4,18-7-9(11,12)13)19-8-10(14,15)16/h5-8H2,1-4H3. The number of nitrogens with zero attached hydrogens (tertiary/aromatic N) is 1. The summed E-state index contributed by atoms with van der Waals surface area (Å²) in [6.07, 6.45) is -9.04. The lowest BCUT2D eigenvalue weighted by atomic mass is 10.6. The zero-order chi connectivity index (χ0) is 16.9. The molecule has 0 bridgehead atoms. The quantitative estimate of drug-likeness (QED) is 0.345. The van der Waals surface area contributed by atoms with Crippen LogP contribution in [-0.4, -0.2) is 40.0 Å². The van der Waals surface area contributed by atoms with Gasteiger partial charge in [-0.25, -0.2) is 0 Å². The predicted octanol–water partition coefficient (Wildman–Crippen LogP) is 5.42. The molecule has 0 saturated carbocycles. The summed E-state index contributed by atoms with van der Waals surface area (Å²) in [6.45, 7) is 3.41. The van der Waals surface area contributed by atoms with Gasteiger partial charge in [-0.2, -0.15) is 26.3 Å².